The lowest BCUT2D eigenvalue weighted by molar-refractivity contribution is -0.131. The summed E-state index contributed by atoms with van der Waals surface area (Å²) in [6.07, 6.45) is 4.38. The number of carbonyl (C=O) groups is 2. The van der Waals surface area contributed by atoms with Gasteiger partial charge in [0.2, 0.25) is 0 Å². The maximum Gasteiger partial charge on any atom is 0.347 e. The van der Waals surface area contributed by atoms with E-state index in [0.29, 0.717) is 11.3 Å². The molecule has 0 aliphatic heterocycles. The van der Waals surface area contributed by atoms with Gasteiger partial charge in [0.15, 0.2) is 0 Å². The van der Waals surface area contributed by atoms with E-state index in [4.69, 9.17) is 9.47 Å². The van der Waals surface area contributed by atoms with Crippen molar-refractivity contribution in [2.75, 3.05) is 0 Å². The summed E-state index contributed by atoms with van der Waals surface area (Å²) in [7, 11) is 0. The van der Waals surface area contributed by atoms with Crippen LogP contribution in [0.1, 0.15) is 22.8 Å². The predicted octanol–water partition coefficient (Wildman–Crippen LogP) is 2.30. The monoisotopic (exact) mass is 350 g/mol. The van der Waals surface area contributed by atoms with Gasteiger partial charge in [0.1, 0.15) is 29.7 Å². The van der Waals surface area contributed by atoms with Crippen molar-refractivity contribution in [2.45, 2.75) is 6.92 Å². The highest BCUT2D eigenvalue weighted by Gasteiger charge is 2.17. The van der Waals surface area contributed by atoms with Crippen molar-refractivity contribution in [3.63, 3.8) is 0 Å². The van der Waals surface area contributed by atoms with Gasteiger partial charge < -0.3 is 9.47 Å². The largest absolute Gasteiger partial charge is 0.426 e. The van der Waals surface area contributed by atoms with Crippen LogP contribution in [0.25, 0.3) is 0 Å². The van der Waals surface area contributed by atoms with E-state index in [1.54, 1.807) is 36.4 Å². The zero-order chi connectivity index (χ0) is 18.4. The summed E-state index contributed by atoms with van der Waals surface area (Å²) in [5.41, 5.74) is 0.729. The van der Waals surface area contributed by atoms with Gasteiger partial charge in [0.25, 0.3) is 0 Å². The molecule has 0 radical (unpaired) electrons. The molecule has 3 rings (SSSR count). The normalized spacial score (nSPS) is 10.7. The molecule has 0 fully saturated rings. The zero-order valence-electron chi connectivity index (χ0n) is 13.8. The maximum atomic E-state index is 12.5. The van der Waals surface area contributed by atoms with Gasteiger partial charge >= 0.3 is 11.9 Å². The van der Waals surface area contributed by atoms with Crippen molar-refractivity contribution in [3.8, 4) is 11.5 Å². The van der Waals surface area contributed by atoms with Crippen LogP contribution in [0.2, 0.25) is 0 Å². The summed E-state index contributed by atoms with van der Waals surface area (Å²) < 4.78 is 11.9. The highest BCUT2D eigenvalue weighted by molar-refractivity contribution is 5.96. The third-order valence-corrected chi connectivity index (χ3v) is 3.22. The van der Waals surface area contributed by atoms with Crippen molar-refractivity contribution >= 4 is 18.2 Å². The number of hydrogen-bond donors (Lipinski definition) is 0. The summed E-state index contributed by atoms with van der Waals surface area (Å²) in [5, 5.41) is 11.4. The highest BCUT2D eigenvalue weighted by atomic mass is 16.5. The van der Waals surface area contributed by atoms with Gasteiger partial charge in [-0.25, -0.2) is 9.47 Å². The summed E-state index contributed by atoms with van der Waals surface area (Å²) in [6.45, 7) is 1.26. The Bertz CT molecular complexity index is 951. The summed E-state index contributed by atoms with van der Waals surface area (Å²) in [4.78, 5) is 23.7. The molecule has 0 atom stereocenters. The minimum absolute atomic E-state index is 0.139. The molecule has 1 aromatic heterocycles. The van der Waals surface area contributed by atoms with Crippen LogP contribution in [0.15, 0.2) is 66.3 Å². The highest BCUT2D eigenvalue weighted by Crippen LogP contribution is 2.22. The molecule has 130 valence electrons. The van der Waals surface area contributed by atoms with E-state index in [1.165, 1.54) is 42.6 Å². The van der Waals surface area contributed by atoms with Gasteiger partial charge in [-0.15, -0.1) is 10.2 Å². The zero-order valence-corrected chi connectivity index (χ0v) is 13.8. The Morgan fingerprint density at radius 1 is 0.962 bits per heavy atom. The van der Waals surface area contributed by atoms with Crippen LogP contribution in [0.5, 0.6) is 11.5 Å². The van der Waals surface area contributed by atoms with Crippen molar-refractivity contribution < 1.29 is 19.1 Å². The maximum absolute atomic E-state index is 12.5. The summed E-state index contributed by atoms with van der Waals surface area (Å²) in [6, 6.07) is 13.3. The van der Waals surface area contributed by atoms with Crippen LogP contribution in [0, 0.1) is 0 Å². The average molecular weight is 350 g/mol. The number of rotatable bonds is 5. The number of ether oxygens (including phenoxy) is 2. The quantitative estimate of drug-likeness (QED) is 0.398. The van der Waals surface area contributed by atoms with Gasteiger partial charge in [-0.05, 0) is 24.3 Å². The minimum atomic E-state index is -0.646. The van der Waals surface area contributed by atoms with Crippen molar-refractivity contribution in [1.29, 1.82) is 0 Å². The van der Waals surface area contributed by atoms with Crippen LogP contribution in [-0.2, 0) is 4.79 Å². The molecule has 3 aromatic rings. The van der Waals surface area contributed by atoms with Crippen LogP contribution in [0.4, 0.5) is 0 Å². The number of para-hydroxylation sites is 2. The second-order valence-corrected chi connectivity index (χ2v) is 5.10. The van der Waals surface area contributed by atoms with Crippen LogP contribution in [0.3, 0.4) is 0 Å². The number of carbonyl (C=O) groups excluding carboxylic acids is 2. The number of hydrogen-bond acceptors (Lipinski definition) is 7. The molecule has 26 heavy (non-hydrogen) atoms. The number of nitrogens with zero attached hydrogens (tertiary/aromatic N) is 4. The first-order valence-corrected chi connectivity index (χ1v) is 7.61. The number of esters is 2. The lowest BCUT2D eigenvalue weighted by Gasteiger charge is -2.10. The summed E-state index contributed by atoms with van der Waals surface area (Å²) >= 11 is 0. The smallest absolute Gasteiger partial charge is 0.347 e. The second kappa shape index (κ2) is 7.84. The Labute approximate surface area is 148 Å². The van der Waals surface area contributed by atoms with Gasteiger partial charge in [-0.2, -0.15) is 5.10 Å². The molecular weight excluding hydrogens is 336 g/mol. The molecular formula is C18H14N4O4. The fourth-order valence-corrected chi connectivity index (χ4v) is 2.10. The van der Waals surface area contributed by atoms with E-state index in [0.717, 1.165) is 0 Å². The van der Waals surface area contributed by atoms with E-state index in [2.05, 4.69) is 15.3 Å². The first-order chi connectivity index (χ1) is 12.6. The van der Waals surface area contributed by atoms with E-state index < -0.39 is 11.9 Å². The molecule has 8 heteroatoms. The molecule has 1 heterocycles. The molecule has 0 saturated carbocycles. The molecule has 8 nitrogen and oxygen atoms in total. The Morgan fingerprint density at radius 2 is 1.62 bits per heavy atom. The molecule has 0 spiro atoms. The Hall–Kier alpha value is -3.81. The fraction of sp³-hybridized carbons (Fsp3) is 0.0556. The van der Waals surface area contributed by atoms with E-state index in [9.17, 15) is 9.59 Å². The lowest BCUT2D eigenvalue weighted by atomic mass is 10.2. The van der Waals surface area contributed by atoms with Crippen molar-refractivity contribution in [1.82, 2.24) is 14.9 Å². The Morgan fingerprint density at radius 3 is 2.35 bits per heavy atom. The van der Waals surface area contributed by atoms with Crippen LogP contribution >= 0.6 is 0 Å². The third-order valence-electron chi connectivity index (χ3n) is 3.22. The molecule has 0 amide bonds. The molecule has 0 saturated heterocycles. The molecule has 0 bridgehead atoms. The predicted molar refractivity (Wildman–Crippen MR) is 92.2 cm³/mol. The molecule has 0 unspecified atom stereocenters. The van der Waals surface area contributed by atoms with Gasteiger partial charge in [0, 0.05) is 12.5 Å². The molecule has 0 N–H and O–H groups in total. The SMILES string of the molecule is CC(=O)Oc1ccccc1C(=O)Oc1ccccc1C=Nn1cnnc1. The first kappa shape index (κ1) is 17.0. The Kier molecular flexibility index (Phi) is 5.14. The first-order valence-electron chi connectivity index (χ1n) is 7.61. The lowest BCUT2D eigenvalue weighted by Crippen LogP contribution is -2.13. The standard InChI is InChI=1S/C18H14N4O4/c1-13(23)25-17-9-5-3-7-15(17)18(24)26-16-8-4-2-6-14(16)10-21-22-11-19-20-12-22/h2-12H,1H3. The number of benzene rings is 2. The Balaban J connectivity index is 1.83. The van der Waals surface area contributed by atoms with Gasteiger partial charge in [-0.3, -0.25) is 4.79 Å². The second-order valence-electron chi connectivity index (χ2n) is 5.10. The third kappa shape index (κ3) is 4.18. The molecule has 2 aromatic carbocycles. The van der Waals surface area contributed by atoms with Crippen LogP contribution in [-0.4, -0.2) is 33.0 Å². The van der Waals surface area contributed by atoms with E-state index in [1.807, 2.05) is 0 Å². The summed E-state index contributed by atoms with van der Waals surface area (Å²) in [5.74, 6) is -0.716. The van der Waals surface area contributed by atoms with Crippen molar-refractivity contribution in [2.24, 2.45) is 5.10 Å². The van der Waals surface area contributed by atoms with Crippen molar-refractivity contribution in [3.05, 3.63) is 72.3 Å². The molecule has 0 aliphatic rings. The van der Waals surface area contributed by atoms with Gasteiger partial charge in [-0.1, -0.05) is 24.3 Å². The molecule has 0 aliphatic carbocycles. The minimum Gasteiger partial charge on any atom is -0.426 e. The topological polar surface area (TPSA) is 95.7 Å². The van der Waals surface area contributed by atoms with Crippen LogP contribution < -0.4 is 9.47 Å². The van der Waals surface area contributed by atoms with E-state index >= 15 is 0 Å². The fourth-order valence-electron chi connectivity index (χ4n) is 2.10. The number of aromatic nitrogens is 3. The average Bonchev–Trinajstić information content (AvgIpc) is 3.14. The van der Waals surface area contributed by atoms with E-state index in [-0.39, 0.29) is 11.3 Å². The van der Waals surface area contributed by atoms with Gasteiger partial charge in [0.05, 0.1) is 6.21 Å².